The molecular formula is C29H23N3O6S2. The van der Waals surface area contributed by atoms with Crippen LogP contribution in [-0.4, -0.2) is 38.0 Å². The lowest BCUT2D eigenvalue weighted by atomic mass is 10.0. The molecule has 0 bridgehead atoms. The summed E-state index contributed by atoms with van der Waals surface area (Å²) in [5.41, 5.74) is 2.30. The highest BCUT2D eigenvalue weighted by molar-refractivity contribution is 7.99. The summed E-state index contributed by atoms with van der Waals surface area (Å²) in [6.45, 7) is 0. The van der Waals surface area contributed by atoms with Crippen LogP contribution in [0.4, 0.5) is 11.4 Å². The number of amides is 1. The van der Waals surface area contributed by atoms with E-state index in [2.05, 4.69) is 15.0 Å². The molecule has 0 saturated carbocycles. The van der Waals surface area contributed by atoms with Gasteiger partial charge in [-0.3, -0.25) is 14.3 Å². The number of carbonyl (C=O) groups excluding carboxylic acids is 2. The Bertz CT molecular complexity index is 1800. The van der Waals surface area contributed by atoms with Crippen LogP contribution in [-0.2, 0) is 14.8 Å². The van der Waals surface area contributed by atoms with E-state index in [1.807, 2.05) is 6.07 Å². The van der Waals surface area contributed by atoms with Crippen LogP contribution in [0.15, 0.2) is 112 Å². The summed E-state index contributed by atoms with van der Waals surface area (Å²) in [6, 6.07) is 26.6. The van der Waals surface area contributed by atoms with Crippen molar-refractivity contribution in [3.8, 4) is 5.75 Å². The summed E-state index contributed by atoms with van der Waals surface area (Å²) in [5, 5.41) is 2.98. The largest absolute Gasteiger partial charge is 0.495 e. The van der Waals surface area contributed by atoms with Gasteiger partial charge in [-0.1, -0.05) is 66.4 Å². The molecule has 5 rings (SSSR count). The molecule has 0 saturated heterocycles. The fraction of sp³-hybridized carbons (Fsp3) is 0.0690. The second-order valence-corrected chi connectivity index (χ2v) is 11.1. The second kappa shape index (κ2) is 11.6. The Labute approximate surface area is 234 Å². The van der Waals surface area contributed by atoms with Crippen molar-refractivity contribution in [2.75, 3.05) is 22.9 Å². The van der Waals surface area contributed by atoms with Gasteiger partial charge in [0.15, 0.2) is 11.4 Å². The van der Waals surface area contributed by atoms with E-state index in [9.17, 15) is 18.0 Å². The third kappa shape index (κ3) is 6.00. The van der Waals surface area contributed by atoms with E-state index in [4.69, 9.17) is 9.15 Å². The van der Waals surface area contributed by atoms with Gasteiger partial charge in [-0.15, -0.1) is 0 Å². The van der Waals surface area contributed by atoms with Crippen molar-refractivity contribution in [1.82, 2.24) is 4.98 Å². The van der Waals surface area contributed by atoms with Crippen LogP contribution in [0.1, 0.15) is 15.9 Å². The highest BCUT2D eigenvalue weighted by atomic mass is 32.2. The van der Waals surface area contributed by atoms with E-state index < -0.39 is 10.0 Å². The van der Waals surface area contributed by atoms with Crippen molar-refractivity contribution in [1.29, 1.82) is 0 Å². The minimum absolute atomic E-state index is 0.00631. The zero-order valence-electron chi connectivity index (χ0n) is 21.2. The molecule has 2 N–H and O–H groups in total. The number of rotatable bonds is 10. The van der Waals surface area contributed by atoms with Gasteiger partial charge in [-0.2, -0.15) is 0 Å². The number of fused-ring (bicyclic) bond motifs is 1. The molecule has 1 heterocycles. The summed E-state index contributed by atoms with van der Waals surface area (Å²) >= 11 is 1.05. The maximum absolute atomic E-state index is 13.0. The Morgan fingerprint density at radius 1 is 0.900 bits per heavy atom. The van der Waals surface area contributed by atoms with E-state index in [1.54, 1.807) is 72.8 Å². The number of para-hydroxylation sites is 3. The Balaban J connectivity index is 1.26. The van der Waals surface area contributed by atoms with Crippen LogP contribution in [0.2, 0.25) is 0 Å². The van der Waals surface area contributed by atoms with Gasteiger partial charge in [0.05, 0.1) is 29.1 Å². The fourth-order valence-corrected chi connectivity index (χ4v) is 5.62. The molecule has 0 spiro atoms. The highest BCUT2D eigenvalue weighted by Crippen LogP contribution is 2.29. The number of ether oxygens (including phenoxy) is 1. The Morgan fingerprint density at radius 2 is 1.60 bits per heavy atom. The highest BCUT2D eigenvalue weighted by Gasteiger charge is 2.19. The minimum atomic E-state index is -3.93. The number of nitrogens with one attached hydrogen (secondary N) is 2. The van der Waals surface area contributed by atoms with Gasteiger partial charge in [0, 0.05) is 11.1 Å². The monoisotopic (exact) mass is 573 g/mol. The number of hydrogen-bond acceptors (Lipinski definition) is 8. The topological polar surface area (TPSA) is 128 Å². The lowest BCUT2D eigenvalue weighted by Crippen LogP contribution is -2.17. The van der Waals surface area contributed by atoms with Crippen LogP contribution in [0.3, 0.4) is 0 Å². The average Bonchev–Trinajstić information content (AvgIpc) is 3.39. The lowest BCUT2D eigenvalue weighted by molar-refractivity contribution is -0.113. The normalized spacial score (nSPS) is 11.2. The molecule has 0 radical (unpaired) electrons. The lowest BCUT2D eigenvalue weighted by Gasteiger charge is -2.11. The number of ketones is 1. The third-order valence-corrected chi connectivity index (χ3v) is 8.00. The SMILES string of the molecule is COc1ccccc1NS(=O)(=O)c1ccc2oc(SCC(=O)Nc3ccccc3C(=O)c3ccccc3)nc2c1. The first-order valence-corrected chi connectivity index (χ1v) is 14.5. The number of oxazole rings is 1. The second-order valence-electron chi connectivity index (χ2n) is 8.49. The molecular weight excluding hydrogens is 550 g/mol. The smallest absolute Gasteiger partial charge is 0.262 e. The molecule has 0 aliphatic heterocycles. The first kappa shape index (κ1) is 27.0. The molecule has 9 nitrogen and oxygen atoms in total. The average molecular weight is 574 g/mol. The number of carbonyl (C=O) groups is 2. The number of nitrogens with zero attached hydrogens (tertiary/aromatic N) is 1. The third-order valence-electron chi connectivity index (χ3n) is 5.81. The van der Waals surface area contributed by atoms with Crippen molar-refractivity contribution in [2.45, 2.75) is 10.1 Å². The first-order valence-electron chi connectivity index (χ1n) is 12.0. The number of hydrogen-bond donors (Lipinski definition) is 2. The molecule has 0 aliphatic rings. The molecule has 5 aromatic rings. The molecule has 1 amide bonds. The number of anilines is 2. The van der Waals surface area contributed by atoms with Gasteiger partial charge in [0.1, 0.15) is 11.3 Å². The van der Waals surface area contributed by atoms with Crippen LogP contribution < -0.4 is 14.8 Å². The van der Waals surface area contributed by atoms with Gasteiger partial charge in [0.25, 0.3) is 15.2 Å². The number of methoxy groups -OCH3 is 1. The molecule has 1 aromatic heterocycles. The predicted molar refractivity (Wildman–Crippen MR) is 153 cm³/mol. The van der Waals surface area contributed by atoms with Crippen molar-refractivity contribution < 1.29 is 27.2 Å². The van der Waals surface area contributed by atoms with Crippen molar-refractivity contribution in [3.05, 3.63) is 108 Å². The molecule has 0 fully saturated rings. The number of thioether (sulfide) groups is 1. The summed E-state index contributed by atoms with van der Waals surface area (Å²) in [6.07, 6.45) is 0. The standard InChI is InChI=1S/C29H23N3O6S2/c1-37-25-14-8-7-13-23(25)32-40(35,36)20-15-16-26-24(17-20)31-29(38-26)39-18-27(33)30-22-12-6-5-11-21(22)28(34)19-9-3-2-4-10-19/h2-17,32H,18H2,1H3,(H,30,33). The molecule has 0 atom stereocenters. The van der Waals surface area contributed by atoms with Gasteiger partial charge < -0.3 is 14.5 Å². The Hall–Kier alpha value is -4.61. The molecule has 4 aromatic carbocycles. The molecule has 202 valence electrons. The van der Waals surface area contributed by atoms with Crippen molar-refractivity contribution in [2.24, 2.45) is 0 Å². The summed E-state index contributed by atoms with van der Waals surface area (Å²) in [4.78, 5) is 30.0. The molecule has 0 aliphatic carbocycles. The number of benzene rings is 4. The Kier molecular flexibility index (Phi) is 7.85. The van der Waals surface area contributed by atoms with Gasteiger partial charge in [-0.25, -0.2) is 13.4 Å². The molecule has 11 heteroatoms. The number of sulfonamides is 1. The summed E-state index contributed by atoms with van der Waals surface area (Å²) < 4.78 is 39.4. The van der Waals surface area contributed by atoms with Crippen LogP contribution in [0.25, 0.3) is 11.1 Å². The van der Waals surface area contributed by atoms with Gasteiger partial charge >= 0.3 is 0 Å². The van der Waals surface area contributed by atoms with Gasteiger partial charge in [0.2, 0.25) is 5.91 Å². The maximum Gasteiger partial charge on any atom is 0.262 e. The van der Waals surface area contributed by atoms with Crippen LogP contribution >= 0.6 is 11.8 Å². The van der Waals surface area contributed by atoms with Crippen molar-refractivity contribution >= 4 is 56.0 Å². The summed E-state index contributed by atoms with van der Waals surface area (Å²) in [7, 11) is -2.47. The van der Waals surface area contributed by atoms with E-state index in [-0.39, 0.29) is 27.6 Å². The zero-order chi connectivity index (χ0) is 28.1. The minimum Gasteiger partial charge on any atom is -0.495 e. The summed E-state index contributed by atoms with van der Waals surface area (Å²) in [5.74, 6) is -0.210. The van der Waals surface area contributed by atoms with Crippen LogP contribution in [0.5, 0.6) is 5.75 Å². The quantitative estimate of drug-likeness (QED) is 0.163. The Morgan fingerprint density at radius 3 is 2.38 bits per heavy atom. The van der Waals surface area contributed by atoms with Crippen LogP contribution in [0, 0.1) is 0 Å². The first-order chi connectivity index (χ1) is 19.3. The molecule has 0 unspecified atom stereocenters. The molecule has 40 heavy (non-hydrogen) atoms. The van der Waals surface area contributed by atoms with Gasteiger partial charge in [-0.05, 0) is 42.5 Å². The number of aromatic nitrogens is 1. The predicted octanol–water partition coefficient (Wildman–Crippen LogP) is 5.60. The maximum atomic E-state index is 13.0. The zero-order valence-corrected chi connectivity index (χ0v) is 22.8. The van der Waals surface area contributed by atoms with E-state index in [0.717, 1.165) is 11.8 Å². The van der Waals surface area contributed by atoms with E-state index in [1.165, 1.54) is 25.3 Å². The van der Waals surface area contributed by atoms with E-state index in [0.29, 0.717) is 39.4 Å². The van der Waals surface area contributed by atoms with E-state index >= 15 is 0 Å². The van der Waals surface area contributed by atoms with Crippen molar-refractivity contribution in [3.63, 3.8) is 0 Å². The fourth-order valence-electron chi connectivity index (χ4n) is 3.90.